The van der Waals surface area contributed by atoms with E-state index in [0.29, 0.717) is 6.61 Å². The quantitative estimate of drug-likeness (QED) is 0.568. The Labute approximate surface area is 167 Å². The minimum Gasteiger partial charge on any atom is -0.494 e. The number of aliphatic imine (C=N–C) groups is 1. The van der Waals surface area contributed by atoms with Crippen molar-refractivity contribution in [3.63, 3.8) is 0 Å². The van der Waals surface area contributed by atoms with Gasteiger partial charge in [0.2, 0.25) is 0 Å². The molecular weight excluding hydrogens is 344 g/mol. The third-order valence-corrected chi connectivity index (χ3v) is 5.23. The maximum Gasteiger partial charge on any atom is 0.148 e. The normalized spacial score (nSPS) is 18.8. The van der Waals surface area contributed by atoms with Crippen LogP contribution in [0.15, 0.2) is 83.9 Å². The molecule has 0 aliphatic carbocycles. The molecular formula is C25H26N2O. The molecule has 0 spiro atoms. The summed E-state index contributed by atoms with van der Waals surface area (Å²) < 4.78 is 5.62. The second kappa shape index (κ2) is 7.89. The fourth-order valence-electron chi connectivity index (χ4n) is 3.79. The van der Waals surface area contributed by atoms with Crippen molar-refractivity contribution in [1.82, 2.24) is 0 Å². The number of anilines is 1. The molecule has 4 rings (SSSR count). The summed E-state index contributed by atoms with van der Waals surface area (Å²) in [4.78, 5) is 7.56. The largest absolute Gasteiger partial charge is 0.494 e. The first kappa shape index (κ1) is 18.3. The Morgan fingerprint density at radius 1 is 0.893 bits per heavy atom. The molecule has 0 fully saturated rings. The van der Waals surface area contributed by atoms with Gasteiger partial charge in [-0.15, -0.1) is 0 Å². The molecule has 28 heavy (non-hydrogen) atoms. The fraction of sp³-hybridized carbons (Fsp3) is 0.240. The highest BCUT2D eigenvalue weighted by molar-refractivity contribution is 6.07. The average molecular weight is 370 g/mol. The number of hydrogen-bond acceptors (Lipinski definition) is 3. The monoisotopic (exact) mass is 370 g/mol. The Morgan fingerprint density at radius 3 is 2.21 bits per heavy atom. The van der Waals surface area contributed by atoms with E-state index in [2.05, 4.69) is 79.4 Å². The van der Waals surface area contributed by atoms with Crippen molar-refractivity contribution in [2.24, 2.45) is 4.99 Å². The first-order chi connectivity index (χ1) is 13.7. The van der Waals surface area contributed by atoms with Crippen LogP contribution in [0.25, 0.3) is 0 Å². The van der Waals surface area contributed by atoms with Crippen LogP contribution < -0.4 is 9.64 Å². The zero-order valence-corrected chi connectivity index (χ0v) is 16.7. The van der Waals surface area contributed by atoms with Gasteiger partial charge in [-0.25, -0.2) is 0 Å². The Morgan fingerprint density at radius 2 is 1.57 bits per heavy atom. The predicted octanol–water partition coefficient (Wildman–Crippen LogP) is 5.79. The summed E-state index contributed by atoms with van der Waals surface area (Å²) in [6.07, 6.45) is -0.0366. The first-order valence-corrected chi connectivity index (χ1v) is 9.88. The number of aryl methyl sites for hydroxylation is 1. The van der Waals surface area contributed by atoms with Crippen LogP contribution in [0, 0.1) is 6.92 Å². The van der Waals surface area contributed by atoms with Crippen LogP contribution >= 0.6 is 0 Å². The van der Waals surface area contributed by atoms with Gasteiger partial charge < -0.3 is 9.64 Å². The van der Waals surface area contributed by atoms with Gasteiger partial charge in [-0.1, -0.05) is 60.2 Å². The summed E-state index contributed by atoms with van der Waals surface area (Å²) in [6, 6.07) is 27.7. The molecule has 3 nitrogen and oxygen atoms in total. The number of ether oxygens (including phenoxy) is 1. The molecule has 2 unspecified atom stereocenters. The highest BCUT2D eigenvalue weighted by Gasteiger charge is 2.35. The molecule has 0 bridgehead atoms. The van der Waals surface area contributed by atoms with E-state index in [-0.39, 0.29) is 12.2 Å². The first-order valence-electron chi connectivity index (χ1n) is 9.88. The van der Waals surface area contributed by atoms with Gasteiger partial charge in [0, 0.05) is 5.69 Å². The Hall–Kier alpha value is -3.07. The van der Waals surface area contributed by atoms with Crippen LogP contribution in [0.4, 0.5) is 5.69 Å². The van der Waals surface area contributed by atoms with Crippen molar-refractivity contribution in [3.8, 4) is 5.75 Å². The number of rotatable bonds is 5. The smallest absolute Gasteiger partial charge is 0.148 e. The van der Waals surface area contributed by atoms with Crippen LogP contribution in [-0.2, 0) is 0 Å². The summed E-state index contributed by atoms with van der Waals surface area (Å²) >= 11 is 0. The molecule has 2 atom stereocenters. The summed E-state index contributed by atoms with van der Waals surface area (Å²) in [7, 11) is 0. The molecule has 0 aromatic heterocycles. The zero-order valence-electron chi connectivity index (χ0n) is 16.7. The maximum atomic E-state index is 5.62. The van der Waals surface area contributed by atoms with Crippen LogP contribution in [0.3, 0.4) is 0 Å². The Bertz CT molecular complexity index is 946. The van der Waals surface area contributed by atoms with Gasteiger partial charge in [0.1, 0.15) is 11.9 Å². The van der Waals surface area contributed by atoms with Gasteiger partial charge in [0.15, 0.2) is 0 Å². The summed E-state index contributed by atoms with van der Waals surface area (Å²) in [5.74, 6) is 0.897. The van der Waals surface area contributed by atoms with E-state index in [9.17, 15) is 0 Å². The lowest BCUT2D eigenvalue weighted by atomic mass is 10.0. The molecule has 0 saturated carbocycles. The van der Waals surface area contributed by atoms with E-state index in [4.69, 9.17) is 9.73 Å². The summed E-state index contributed by atoms with van der Waals surface area (Å²) in [5, 5.41) is 0. The van der Waals surface area contributed by atoms with E-state index in [1.165, 1.54) is 16.7 Å². The number of benzene rings is 3. The van der Waals surface area contributed by atoms with Crippen LogP contribution in [0.2, 0.25) is 0 Å². The van der Waals surface area contributed by atoms with E-state index < -0.39 is 0 Å². The molecule has 0 amide bonds. The average Bonchev–Trinajstić information content (AvgIpc) is 3.07. The van der Waals surface area contributed by atoms with Gasteiger partial charge in [0.25, 0.3) is 0 Å². The van der Waals surface area contributed by atoms with Crippen molar-refractivity contribution < 1.29 is 4.74 Å². The highest BCUT2D eigenvalue weighted by atomic mass is 16.5. The number of hydrogen-bond donors (Lipinski definition) is 0. The second-order valence-electron chi connectivity index (χ2n) is 7.17. The van der Waals surface area contributed by atoms with Crippen molar-refractivity contribution >= 4 is 11.4 Å². The van der Waals surface area contributed by atoms with Gasteiger partial charge in [-0.05, 0) is 56.2 Å². The summed E-state index contributed by atoms with van der Waals surface area (Å²) in [5.41, 5.74) is 5.93. The van der Waals surface area contributed by atoms with E-state index in [1.807, 2.05) is 25.1 Å². The second-order valence-corrected chi connectivity index (χ2v) is 7.17. The standard InChI is InChI=1S/C25H26N2O/c1-4-28-23-16-14-22(15-17-23)27-19(3)24(20-12-10-18(2)11-13-20)26-25(27)21-8-6-5-7-9-21/h5-17,19,25H,4H2,1-3H3. The molecule has 3 aromatic rings. The minimum absolute atomic E-state index is 0.0366. The summed E-state index contributed by atoms with van der Waals surface area (Å²) in [6.45, 7) is 7.02. The van der Waals surface area contributed by atoms with E-state index in [0.717, 1.165) is 17.1 Å². The molecule has 3 heteroatoms. The molecule has 142 valence electrons. The lowest BCUT2D eigenvalue weighted by Gasteiger charge is -2.30. The highest BCUT2D eigenvalue weighted by Crippen LogP contribution is 2.37. The predicted molar refractivity (Wildman–Crippen MR) is 116 cm³/mol. The Balaban J connectivity index is 1.74. The van der Waals surface area contributed by atoms with E-state index >= 15 is 0 Å². The van der Waals surface area contributed by atoms with Crippen molar-refractivity contribution in [2.45, 2.75) is 33.0 Å². The fourth-order valence-corrected chi connectivity index (χ4v) is 3.79. The van der Waals surface area contributed by atoms with Crippen LogP contribution in [0.5, 0.6) is 5.75 Å². The zero-order chi connectivity index (χ0) is 19.5. The molecule has 1 aliphatic rings. The van der Waals surface area contributed by atoms with Gasteiger partial charge in [-0.3, -0.25) is 4.99 Å². The molecule has 1 aliphatic heterocycles. The van der Waals surface area contributed by atoms with E-state index in [1.54, 1.807) is 0 Å². The van der Waals surface area contributed by atoms with Crippen LogP contribution in [-0.4, -0.2) is 18.4 Å². The van der Waals surface area contributed by atoms with Gasteiger partial charge >= 0.3 is 0 Å². The SMILES string of the molecule is CCOc1ccc(N2C(C)C(c3ccc(C)cc3)=NC2c2ccccc2)cc1. The molecule has 0 N–H and O–H groups in total. The van der Waals surface area contributed by atoms with Gasteiger partial charge in [0.05, 0.1) is 18.4 Å². The third-order valence-electron chi connectivity index (χ3n) is 5.23. The maximum absolute atomic E-state index is 5.62. The minimum atomic E-state index is -0.0366. The topological polar surface area (TPSA) is 24.8 Å². The Kier molecular flexibility index (Phi) is 5.16. The molecule has 3 aromatic carbocycles. The van der Waals surface area contributed by atoms with Crippen molar-refractivity contribution in [1.29, 1.82) is 0 Å². The lowest BCUT2D eigenvalue weighted by molar-refractivity contribution is 0.340. The lowest BCUT2D eigenvalue weighted by Crippen LogP contribution is -2.35. The molecule has 1 heterocycles. The number of nitrogens with zero attached hydrogens (tertiary/aromatic N) is 2. The molecule has 0 radical (unpaired) electrons. The third kappa shape index (κ3) is 3.53. The van der Waals surface area contributed by atoms with Crippen molar-refractivity contribution in [3.05, 3.63) is 95.6 Å². The van der Waals surface area contributed by atoms with Crippen molar-refractivity contribution in [2.75, 3.05) is 11.5 Å². The van der Waals surface area contributed by atoms with Gasteiger partial charge in [-0.2, -0.15) is 0 Å². The van der Waals surface area contributed by atoms with Crippen LogP contribution in [0.1, 0.15) is 36.7 Å². The molecule has 0 saturated heterocycles.